The van der Waals surface area contributed by atoms with Crippen molar-refractivity contribution in [3.05, 3.63) is 126 Å². The second kappa shape index (κ2) is 12.7. The van der Waals surface area contributed by atoms with Crippen LogP contribution in [0.3, 0.4) is 0 Å². The van der Waals surface area contributed by atoms with Gasteiger partial charge >= 0.3 is 6.18 Å². The lowest BCUT2D eigenvalue weighted by atomic mass is 10.1. The van der Waals surface area contributed by atoms with E-state index in [1.807, 2.05) is 30.3 Å². The SMILES string of the molecule is O=C(NCc1cc(NCc2ccccc2)nc(-c2ccc(C(F)(F)F)cc2)c1)C1C=CCN1S(=O)c1ccc(F)cc1. The number of nitrogens with zero attached hydrogens (tertiary/aromatic N) is 2. The first-order chi connectivity index (χ1) is 20.2. The van der Waals surface area contributed by atoms with Gasteiger partial charge in [-0.1, -0.05) is 54.6 Å². The number of rotatable bonds is 9. The number of hydrogen-bond acceptors (Lipinski definition) is 4. The molecule has 2 heterocycles. The maximum atomic E-state index is 13.3. The highest BCUT2D eigenvalue weighted by Gasteiger charge is 2.32. The molecule has 1 amide bonds. The lowest BCUT2D eigenvalue weighted by molar-refractivity contribution is -0.137. The fraction of sp³-hybridized carbons (Fsp3) is 0.161. The van der Waals surface area contributed by atoms with Crippen LogP contribution < -0.4 is 10.6 Å². The number of halogens is 4. The summed E-state index contributed by atoms with van der Waals surface area (Å²) in [6, 6.07) is 22.3. The molecule has 0 saturated heterocycles. The lowest BCUT2D eigenvalue weighted by Gasteiger charge is -2.22. The van der Waals surface area contributed by atoms with Crippen LogP contribution in [0.2, 0.25) is 0 Å². The van der Waals surface area contributed by atoms with Gasteiger partial charge in [-0.05, 0) is 59.7 Å². The number of amides is 1. The van der Waals surface area contributed by atoms with Crippen LogP contribution in [0.25, 0.3) is 11.3 Å². The van der Waals surface area contributed by atoms with E-state index >= 15 is 0 Å². The Morgan fingerprint density at radius 1 is 0.929 bits per heavy atom. The second-order valence-corrected chi connectivity index (χ2v) is 11.0. The lowest BCUT2D eigenvalue weighted by Crippen LogP contribution is -2.43. The molecule has 0 aliphatic carbocycles. The van der Waals surface area contributed by atoms with E-state index in [0.29, 0.717) is 34.1 Å². The van der Waals surface area contributed by atoms with Crippen LogP contribution in [0, 0.1) is 5.82 Å². The quantitative estimate of drug-likeness (QED) is 0.182. The van der Waals surface area contributed by atoms with Gasteiger partial charge in [0.05, 0.1) is 16.2 Å². The van der Waals surface area contributed by atoms with Crippen LogP contribution in [0.4, 0.5) is 23.4 Å². The summed E-state index contributed by atoms with van der Waals surface area (Å²) in [6.45, 7) is 0.840. The van der Waals surface area contributed by atoms with E-state index in [2.05, 4.69) is 15.6 Å². The van der Waals surface area contributed by atoms with Crippen molar-refractivity contribution in [3.63, 3.8) is 0 Å². The average molecular weight is 595 g/mol. The van der Waals surface area contributed by atoms with Crippen molar-refractivity contribution in [1.82, 2.24) is 14.6 Å². The summed E-state index contributed by atoms with van der Waals surface area (Å²) in [6.07, 6.45) is -1.06. The molecule has 216 valence electrons. The highest BCUT2D eigenvalue weighted by Crippen LogP contribution is 2.31. The van der Waals surface area contributed by atoms with E-state index in [4.69, 9.17) is 0 Å². The number of nitrogens with one attached hydrogen (secondary N) is 2. The molecule has 0 radical (unpaired) electrons. The van der Waals surface area contributed by atoms with Crippen molar-refractivity contribution in [2.24, 2.45) is 0 Å². The van der Waals surface area contributed by atoms with E-state index in [0.717, 1.165) is 17.7 Å². The van der Waals surface area contributed by atoms with Gasteiger partial charge in [0, 0.05) is 25.2 Å². The maximum Gasteiger partial charge on any atom is 0.416 e. The molecular formula is C31H26F4N4O2S. The zero-order valence-electron chi connectivity index (χ0n) is 22.1. The average Bonchev–Trinajstić information content (AvgIpc) is 3.49. The summed E-state index contributed by atoms with van der Waals surface area (Å²) >= 11 is 0. The minimum absolute atomic E-state index is 0.0936. The van der Waals surface area contributed by atoms with Crippen LogP contribution in [-0.4, -0.2) is 32.0 Å². The predicted octanol–water partition coefficient (Wildman–Crippen LogP) is 6.10. The van der Waals surface area contributed by atoms with Gasteiger partial charge in [-0.3, -0.25) is 4.79 Å². The van der Waals surface area contributed by atoms with Crippen molar-refractivity contribution >= 4 is 22.7 Å². The third-order valence-electron chi connectivity index (χ3n) is 6.59. The molecule has 1 aliphatic heterocycles. The molecule has 6 nitrogen and oxygen atoms in total. The molecule has 0 spiro atoms. The van der Waals surface area contributed by atoms with Crippen molar-refractivity contribution < 1.29 is 26.6 Å². The van der Waals surface area contributed by atoms with Gasteiger partial charge in [-0.15, -0.1) is 0 Å². The standard InChI is InChI=1S/C31H26F4N4O2S/c32-25-12-14-26(15-13-25)42(41)39-16-4-7-28(39)30(40)37-20-22-17-27(23-8-10-24(11-9-23)31(33,34)35)38-29(18-22)36-19-21-5-2-1-3-6-21/h1-15,17-18,28H,16,19-20H2,(H,36,38)(H,37,40). The molecule has 3 aromatic carbocycles. The molecule has 4 aromatic rings. The van der Waals surface area contributed by atoms with Crippen molar-refractivity contribution in [1.29, 1.82) is 0 Å². The Bertz CT molecular complexity index is 1590. The summed E-state index contributed by atoms with van der Waals surface area (Å²) in [5.74, 6) is -0.346. The van der Waals surface area contributed by atoms with Gasteiger partial charge in [-0.2, -0.15) is 13.2 Å². The first-order valence-corrected chi connectivity index (χ1v) is 14.1. The predicted molar refractivity (Wildman–Crippen MR) is 153 cm³/mol. The molecule has 1 aromatic heterocycles. The van der Waals surface area contributed by atoms with Crippen molar-refractivity contribution in [2.75, 3.05) is 11.9 Å². The van der Waals surface area contributed by atoms with Crippen LogP contribution in [0.15, 0.2) is 108 Å². The number of carbonyl (C=O) groups is 1. The minimum Gasteiger partial charge on any atom is -0.366 e. The van der Waals surface area contributed by atoms with E-state index in [1.54, 1.807) is 24.3 Å². The number of anilines is 1. The highest BCUT2D eigenvalue weighted by molar-refractivity contribution is 7.82. The zero-order valence-corrected chi connectivity index (χ0v) is 23.0. The molecule has 1 aliphatic rings. The van der Waals surface area contributed by atoms with Gasteiger partial charge in [0.15, 0.2) is 0 Å². The molecule has 11 heteroatoms. The fourth-order valence-corrected chi connectivity index (χ4v) is 5.65. The normalized spacial score (nSPS) is 15.9. The highest BCUT2D eigenvalue weighted by atomic mass is 32.2. The molecular weight excluding hydrogens is 568 g/mol. The Kier molecular flexibility index (Phi) is 8.79. The molecule has 2 atom stereocenters. The van der Waals surface area contributed by atoms with E-state index in [1.165, 1.54) is 40.7 Å². The number of hydrogen-bond donors (Lipinski definition) is 2. The topological polar surface area (TPSA) is 74.3 Å². The first kappa shape index (κ1) is 29.2. The zero-order chi connectivity index (χ0) is 29.7. The number of benzene rings is 3. The Hall–Kier alpha value is -4.35. The molecule has 0 bridgehead atoms. The third-order valence-corrected chi connectivity index (χ3v) is 8.06. The van der Waals surface area contributed by atoms with Crippen LogP contribution in [0.1, 0.15) is 16.7 Å². The third kappa shape index (κ3) is 7.10. The van der Waals surface area contributed by atoms with Gasteiger partial charge < -0.3 is 10.6 Å². The number of aromatic nitrogens is 1. The van der Waals surface area contributed by atoms with Crippen LogP contribution in [-0.2, 0) is 35.0 Å². The molecule has 2 unspecified atom stereocenters. The number of pyridine rings is 1. The number of carbonyl (C=O) groups excluding carboxylic acids is 1. The monoisotopic (exact) mass is 594 g/mol. The number of alkyl halides is 3. The van der Waals surface area contributed by atoms with Gasteiger partial charge in [0.25, 0.3) is 0 Å². The van der Waals surface area contributed by atoms with Gasteiger partial charge in [0.1, 0.15) is 28.7 Å². The largest absolute Gasteiger partial charge is 0.416 e. The maximum absolute atomic E-state index is 13.3. The van der Waals surface area contributed by atoms with Crippen LogP contribution in [0.5, 0.6) is 0 Å². The molecule has 0 saturated carbocycles. The smallest absolute Gasteiger partial charge is 0.366 e. The van der Waals surface area contributed by atoms with E-state index in [-0.39, 0.29) is 19.0 Å². The Labute approximate surface area is 242 Å². The summed E-state index contributed by atoms with van der Waals surface area (Å²) in [7, 11) is -1.68. The Balaban J connectivity index is 1.34. The summed E-state index contributed by atoms with van der Waals surface area (Å²) in [4.78, 5) is 18.1. The van der Waals surface area contributed by atoms with Crippen molar-refractivity contribution in [2.45, 2.75) is 30.2 Å². The molecule has 42 heavy (non-hydrogen) atoms. The fourth-order valence-electron chi connectivity index (χ4n) is 4.42. The van der Waals surface area contributed by atoms with Gasteiger partial charge in [-0.25, -0.2) is 17.9 Å². The van der Waals surface area contributed by atoms with E-state index < -0.39 is 34.6 Å². The van der Waals surface area contributed by atoms with Gasteiger partial charge in [0.2, 0.25) is 5.91 Å². The van der Waals surface area contributed by atoms with Crippen LogP contribution >= 0.6 is 0 Å². The molecule has 0 fully saturated rings. The summed E-state index contributed by atoms with van der Waals surface area (Å²) in [5.41, 5.74) is 1.84. The van der Waals surface area contributed by atoms with E-state index in [9.17, 15) is 26.6 Å². The summed E-state index contributed by atoms with van der Waals surface area (Å²) in [5, 5.41) is 6.11. The van der Waals surface area contributed by atoms with Crippen molar-refractivity contribution in [3.8, 4) is 11.3 Å². The second-order valence-electron chi connectivity index (χ2n) is 9.55. The Morgan fingerprint density at radius 2 is 1.64 bits per heavy atom. The molecule has 2 N–H and O–H groups in total. The molecule has 5 rings (SSSR count). The minimum atomic E-state index is -4.45. The summed E-state index contributed by atoms with van der Waals surface area (Å²) < 4.78 is 67.2. The Morgan fingerprint density at radius 3 is 2.33 bits per heavy atom. The first-order valence-electron chi connectivity index (χ1n) is 13.0.